The second-order valence-electron chi connectivity index (χ2n) is 9.91. The molecule has 0 saturated carbocycles. The molecule has 0 fully saturated rings. The summed E-state index contributed by atoms with van der Waals surface area (Å²) in [7, 11) is 0. The topological polar surface area (TPSA) is 0 Å². The van der Waals surface area contributed by atoms with E-state index in [1.807, 2.05) is 6.07 Å². The fourth-order valence-corrected chi connectivity index (χ4v) is 5.74. The minimum absolute atomic E-state index is 0.0138. The Bertz CT molecular complexity index is 897. The Morgan fingerprint density at radius 3 is 1.61 bits per heavy atom. The van der Waals surface area contributed by atoms with Crippen LogP contribution in [0.2, 0.25) is 0 Å². The van der Waals surface area contributed by atoms with E-state index in [1.54, 1.807) is 0 Å². The second-order valence-corrected chi connectivity index (χ2v) is 9.91. The van der Waals surface area contributed by atoms with Crippen molar-refractivity contribution in [1.29, 1.82) is 0 Å². The molecule has 0 unspecified atom stereocenters. The number of terminal acetylenes is 1. The van der Waals surface area contributed by atoms with Crippen LogP contribution in [-0.2, 0) is 5.41 Å². The number of hydrogen-bond donors (Lipinski definition) is 0. The predicted octanol–water partition coefficient (Wildman–Crippen LogP) is 9.37. The quantitative estimate of drug-likeness (QED) is 0.157. The van der Waals surface area contributed by atoms with Crippen LogP contribution in [0.15, 0.2) is 36.4 Å². The van der Waals surface area contributed by atoms with E-state index in [1.165, 1.54) is 112 Å². The summed E-state index contributed by atoms with van der Waals surface area (Å²) in [6, 6.07) is 13.1. The fraction of sp³-hybridized carbons (Fsp3) is 0.515. The zero-order valence-electron chi connectivity index (χ0n) is 20.9. The number of hydrogen-bond acceptors (Lipinski definition) is 0. The molecule has 172 valence electrons. The normalized spacial score (nSPS) is 13.3. The molecule has 0 atom stereocenters. The van der Waals surface area contributed by atoms with E-state index >= 15 is 0 Å². The number of rotatable bonds is 14. The maximum atomic E-state index is 7.75. The molecule has 33 heavy (non-hydrogen) atoms. The van der Waals surface area contributed by atoms with Gasteiger partial charge in [0.25, 0.3) is 0 Å². The summed E-state index contributed by atoms with van der Waals surface area (Å²) < 4.78 is 0. The molecule has 0 bridgehead atoms. The molecule has 0 amide bonds. The molecule has 3 rings (SSSR count). The van der Waals surface area contributed by atoms with E-state index in [4.69, 9.17) is 12.8 Å². The van der Waals surface area contributed by atoms with Gasteiger partial charge in [-0.2, -0.15) is 0 Å². The second kappa shape index (κ2) is 12.9. The molecule has 0 aliphatic heterocycles. The van der Waals surface area contributed by atoms with E-state index in [2.05, 4.69) is 56.0 Å². The molecule has 0 saturated heterocycles. The Labute approximate surface area is 203 Å². The van der Waals surface area contributed by atoms with Gasteiger partial charge in [-0.3, -0.25) is 0 Å². The van der Waals surface area contributed by atoms with E-state index in [0.717, 1.165) is 11.1 Å². The van der Waals surface area contributed by atoms with Gasteiger partial charge < -0.3 is 0 Å². The molecule has 0 radical (unpaired) electrons. The molecule has 1 aliphatic carbocycles. The first-order chi connectivity index (χ1) is 16.2. The van der Waals surface area contributed by atoms with E-state index < -0.39 is 0 Å². The van der Waals surface area contributed by atoms with Crippen molar-refractivity contribution in [2.24, 2.45) is 0 Å². The van der Waals surface area contributed by atoms with Crippen molar-refractivity contribution >= 4 is 0 Å². The van der Waals surface area contributed by atoms with Crippen LogP contribution in [0.3, 0.4) is 0 Å². The molecule has 0 N–H and O–H groups in total. The number of benzene rings is 2. The van der Waals surface area contributed by atoms with Gasteiger partial charge in [0.05, 0.1) is 0 Å². The van der Waals surface area contributed by atoms with Crippen molar-refractivity contribution < 1.29 is 0 Å². The predicted molar refractivity (Wildman–Crippen MR) is 143 cm³/mol. The first-order valence-electron chi connectivity index (χ1n) is 13.4. The molecule has 1 aliphatic rings. The van der Waals surface area contributed by atoms with Gasteiger partial charge >= 0.3 is 190 Å². The van der Waals surface area contributed by atoms with Crippen LogP contribution >= 0.6 is 0 Å². The third kappa shape index (κ3) is 6.02. The third-order valence-electron chi connectivity index (χ3n) is 7.59. The maximum absolute atomic E-state index is 7.75. The van der Waals surface area contributed by atoms with Crippen molar-refractivity contribution in [3.63, 3.8) is 0 Å². The van der Waals surface area contributed by atoms with Crippen molar-refractivity contribution in [2.45, 2.75) is 109 Å². The van der Waals surface area contributed by atoms with E-state index in [0.29, 0.717) is 0 Å². The summed E-state index contributed by atoms with van der Waals surface area (Å²) in [5.74, 6) is 5.52. The van der Waals surface area contributed by atoms with Crippen LogP contribution in [0, 0.1) is 24.7 Å². The van der Waals surface area contributed by atoms with Crippen LogP contribution in [0.4, 0.5) is 0 Å². The molecule has 0 spiro atoms. The molecule has 0 nitrogen and oxygen atoms in total. The molecule has 2 aromatic rings. The third-order valence-corrected chi connectivity index (χ3v) is 7.59. The van der Waals surface area contributed by atoms with Crippen molar-refractivity contribution in [1.82, 2.24) is 0 Å². The van der Waals surface area contributed by atoms with E-state index in [-0.39, 0.29) is 5.41 Å². The van der Waals surface area contributed by atoms with Crippen LogP contribution in [-0.4, -0.2) is 0 Å². The zero-order chi connectivity index (χ0) is 23.5. The summed E-state index contributed by atoms with van der Waals surface area (Å²) >= 11 is 0. The van der Waals surface area contributed by atoms with Gasteiger partial charge in [-0.05, 0) is 0 Å². The molecule has 2 aromatic carbocycles. The molecule has 0 heterocycles. The average molecular weight is 438 g/mol. The average Bonchev–Trinajstić information content (AvgIpc) is 3.12. The Kier molecular flexibility index (Phi) is 9.91. The van der Waals surface area contributed by atoms with Gasteiger partial charge in [-0.1, -0.05) is 13.8 Å². The Morgan fingerprint density at radius 1 is 0.667 bits per heavy atom. The summed E-state index contributed by atoms with van der Waals surface area (Å²) in [4.78, 5) is 0. The summed E-state index contributed by atoms with van der Waals surface area (Å²) in [5.41, 5.74) is 7.40. The number of fused-ring (bicyclic) bond motifs is 3. The van der Waals surface area contributed by atoms with Gasteiger partial charge in [-0.25, -0.2) is 0 Å². The number of unbranched alkanes of at least 4 members (excludes halogenated alkanes) is 10. The first-order valence-corrected chi connectivity index (χ1v) is 13.4. The Morgan fingerprint density at radius 2 is 1.12 bits per heavy atom. The SMILES string of the molecule is [C+]#Cc1ccc2c(c1)C(CCCCCCCC)(CCCCCCCC)c1cc(C#C)ccc1-2. The van der Waals surface area contributed by atoms with Gasteiger partial charge in [-0.15, -0.1) is 0 Å². The minimum atomic E-state index is 0.0138. The summed E-state index contributed by atoms with van der Waals surface area (Å²) in [6.07, 6.45) is 31.7. The standard InChI is InChI=1S/C33H41/c1-5-9-11-13-15-17-23-33(24-18-16-14-12-10-6-2)31-25-27(7-3)19-21-29(31)30-22-20-28(8-4)26-32(30)33/h3,19-22,25-26H,5-6,9-18,23-24H2,1-2H3/q+1. The summed E-state index contributed by atoms with van der Waals surface area (Å²) in [6.45, 7) is 4.56. The Hall–Kier alpha value is -2.22. The molecule has 0 heteroatoms. The Balaban J connectivity index is 1.93. The van der Waals surface area contributed by atoms with Crippen molar-refractivity contribution in [3.8, 4) is 29.4 Å². The first kappa shape index (κ1) is 25.4. The van der Waals surface area contributed by atoms with Crippen molar-refractivity contribution in [3.05, 3.63) is 65.1 Å². The molecular weight excluding hydrogens is 396 g/mol. The van der Waals surface area contributed by atoms with Gasteiger partial charge in [0.2, 0.25) is 0 Å². The fourth-order valence-electron chi connectivity index (χ4n) is 5.74. The van der Waals surface area contributed by atoms with Crippen molar-refractivity contribution in [2.75, 3.05) is 0 Å². The van der Waals surface area contributed by atoms with E-state index in [9.17, 15) is 0 Å². The van der Waals surface area contributed by atoms with Gasteiger partial charge in [0.15, 0.2) is 0 Å². The molecular formula is C33H41+. The monoisotopic (exact) mass is 437 g/mol. The summed E-state index contributed by atoms with van der Waals surface area (Å²) in [5, 5.41) is 0. The van der Waals surface area contributed by atoms with Gasteiger partial charge in [0, 0.05) is 0 Å². The molecule has 0 aromatic heterocycles. The van der Waals surface area contributed by atoms with Crippen LogP contribution in [0.1, 0.15) is 126 Å². The van der Waals surface area contributed by atoms with Gasteiger partial charge in [0.1, 0.15) is 0 Å². The zero-order valence-corrected chi connectivity index (χ0v) is 20.9. The van der Waals surface area contributed by atoms with Crippen LogP contribution < -0.4 is 0 Å². The van der Waals surface area contributed by atoms with Crippen LogP contribution in [0.25, 0.3) is 11.1 Å². The van der Waals surface area contributed by atoms with Crippen LogP contribution in [0.5, 0.6) is 0 Å².